The second-order valence-corrected chi connectivity index (χ2v) is 7.65. The van der Waals surface area contributed by atoms with Crippen LogP contribution in [0.1, 0.15) is 23.7 Å². The van der Waals surface area contributed by atoms with E-state index in [-0.39, 0.29) is 30.5 Å². The summed E-state index contributed by atoms with van der Waals surface area (Å²) in [6, 6.07) is 11.2. The van der Waals surface area contributed by atoms with E-state index in [1.165, 1.54) is 12.0 Å². The van der Waals surface area contributed by atoms with Gasteiger partial charge in [0, 0.05) is 35.5 Å². The molecule has 0 N–H and O–H groups in total. The van der Waals surface area contributed by atoms with E-state index in [2.05, 4.69) is 0 Å². The Morgan fingerprint density at radius 1 is 1.14 bits per heavy atom. The molecule has 0 aliphatic carbocycles. The lowest BCUT2D eigenvalue weighted by Gasteiger charge is -2.22. The normalized spacial score (nSPS) is 16.0. The van der Waals surface area contributed by atoms with Crippen LogP contribution in [0.5, 0.6) is 17.2 Å². The molecule has 1 aliphatic rings. The predicted octanol–water partition coefficient (Wildman–Crippen LogP) is 2.42. The average molecular weight is 416 g/mol. The van der Waals surface area contributed by atoms with E-state index >= 15 is 0 Å². The van der Waals surface area contributed by atoms with Crippen LogP contribution in [0.3, 0.4) is 0 Å². The van der Waals surface area contributed by atoms with Gasteiger partial charge in [0.25, 0.3) is 0 Å². The smallest absolute Gasteiger partial charge is 0.228 e. The molecule has 1 atom stereocenters. The van der Waals surface area contributed by atoms with Gasteiger partial charge in [0.15, 0.2) is 11.5 Å². The summed E-state index contributed by atoms with van der Waals surface area (Å²) in [6.07, 6.45) is -0.0232. The minimum Gasteiger partial charge on any atom is -0.550 e. The number of anilines is 1. The fourth-order valence-corrected chi connectivity index (χ4v) is 4.56. The van der Waals surface area contributed by atoms with Crippen LogP contribution in [0.15, 0.2) is 41.3 Å². The van der Waals surface area contributed by atoms with E-state index in [0.717, 1.165) is 10.5 Å². The number of ether oxygens (including phenoxy) is 3. The molecule has 154 valence electrons. The van der Waals surface area contributed by atoms with Gasteiger partial charge in [-0.25, -0.2) is 0 Å². The number of rotatable bonds is 7. The Bertz CT molecular complexity index is 891. The summed E-state index contributed by atoms with van der Waals surface area (Å²) in [5.74, 6) is 0.179. The molecule has 7 nitrogen and oxygen atoms in total. The highest BCUT2D eigenvalue weighted by atomic mass is 32.2. The average Bonchev–Trinajstić information content (AvgIpc) is 2.86. The van der Waals surface area contributed by atoms with Gasteiger partial charge < -0.3 is 29.0 Å². The van der Waals surface area contributed by atoms with E-state index in [4.69, 9.17) is 14.2 Å². The second kappa shape index (κ2) is 9.09. The highest BCUT2D eigenvalue weighted by Gasteiger charge is 2.30. The summed E-state index contributed by atoms with van der Waals surface area (Å²) in [7, 11) is 4.63. The van der Waals surface area contributed by atoms with E-state index in [0.29, 0.717) is 22.9 Å². The lowest BCUT2D eigenvalue weighted by atomic mass is 10.1. The molecule has 0 aromatic heterocycles. The van der Waals surface area contributed by atoms with Crippen molar-refractivity contribution >= 4 is 29.3 Å². The Morgan fingerprint density at radius 2 is 1.79 bits per heavy atom. The molecule has 3 rings (SSSR count). The maximum absolute atomic E-state index is 13.0. The van der Waals surface area contributed by atoms with Gasteiger partial charge in [-0.3, -0.25) is 4.79 Å². The van der Waals surface area contributed by atoms with Gasteiger partial charge in [0.05, 0.1) is 27.0 Å². The monoisotopic (exact) mass is 416 g/mol. The molecule has 1 heterocycles. The zero-order chi connectivity index (χ0) is 21.0. The summed E-state index contributed by atoms with van der Waals surface area (Å²) >= 11 is 1.55. The number of fused-ring (bicyclic) bond motifs is 1. The van der Waals surface area contributed by atoms with Crippen molar-refractivity contribution in [3.8, 4) is 17.2 Å². The van der Waals surface area contributed by atoms with Gasteiger partial charge in [0.2, 0.25) is 11.7 Å². The first-order valence-electron chi connectivity index (χ1n) is 9.04. The topological polar surface area (TPSA) is 88.1 Å². The van der Waals surface area contributed by atoms with E-state index in [1.54, 1.807) is 26.0 Å². The molecular weight excluding hydrogens is 394 g/mol. The quantitative estimate of drug-likeness (QED) is 0.685. The van der Waals surface area contributed by atoms with Crippen LogP contribution in [-0.2, 0) is 9.59 Å². The summed E-state index contributed by atoms with van der Waals surface area (Å²) < 4.78 is 16.3. The number of benzene rings is 2. The largest absolute Gasteiger partial charge is 0.550 e. The van der Waals surface area contributed by atoms with Crippen molar-refractivity contribution in [1.82, 2.24) is 0 Å². The summed E-state index contributed by atoms with van der Waals surface area (Å²) in [6.45, 7) is 0.0702. The number of nitrogens with zero attached hydrogens (tertiary/aromatic N) is 1. The predicted molar refractivity (Wildman–Crippen MR) is 108 cm³/mol. The number of aliphatic carboxylic acids is 1. The maximum atomic E-state index is 13.0. The van der Waals surface area contributed by atoms with Gasteiger partial charge in [-0.2, -0.15) is 0 Å². The lowest BCUT2D eigenvalue weighted by Crippen LogP contribution is -2.35. The number of hydrogen-bond acceptors (Lipinski definition) is 7. The second-order valence-electron chi connectivity index (χ2n) is 6.40. The molecule has 0 spiro atoms. The molecule has 1 unspecified atom stereocenters. The van der Waals surface area contributed by atoms with Crippen molar-refractivity contribution in [2.75, 3.05) is 32.8 Å². The summed E-state index contributed by atoms with van der Waals surface area (Å²) in [4.78, 5) is 26.4. The van der Waals surface area contributed by atoms with Crippen LogP contribution in [0.2, 0.25) is 0 Å². The van der Waals surface area contributed by atoms with Gasteiger partial charge in [0.1, 0.15) is 0 Å². The molecule has 0 saturated heterocycles. The summed E-state index contributed by atoms with van der Waals surface area (Å²) in [5.41, 5.74) is 1.56. The molecule has 29 heavy (non-hydrogen) atoms. The minimum atomic E-state index is -1.19. The lowest BCUT2D eigenvalue weighted by molar-refractivity contribution is -0.305. The third kappa shape index (κ3) is 4.42. The van der Waals surface area contributed by atoms with Crippen LogP contribution >= 0.6 is 11.8 Å². The SMILES string of the molecule is COc1cc(C2CC(=O)N(CCC(=O)[O-])c3ccccc3S2)cc(OC)c1OC. The number of methoxy groups -OCH3 is 3. The van der Waals surface area contributed by atoms with E-state index in [1.807, 2.05) is 36.4 Å². The van der Waals surface area contributed by atoms with Crippen LogP contribution < -0.4 is 24.2 Å². The molecule has 2 aromatic rings. The molecule has 0 fully saturated rings. The van der Waals surface area contributed by atoms with Gasteiger partial charge in [-0.1, -0.05) is 12.1 Å². The van der Waals surface area contributed by atoms with Crippen molar-refractivity contribution in [2.45, 2.75) is 23.0 Å². The van der Waals surface area contributed by atoms with Crippen molar-refractivity contribution in [2.24, 2.45) is 0 Å². The molecule has 8 heteroatoms. The zero-order valence-electron chi connectivity index (χ0n) is 16.5. The number of carbonyl (C=O) groups is 2. The minimum absolute atomic E-state index is 0.0702. The van der Waals surface area contributed by atoms with E-state index < -0.39 is 5.97 Å². The third-order valence-electron chi connectivity index (χ3n) is 4.68. The first-order valence-corrected chi connectivity index (χ1v) is 9.92. The maximum Gasteiger partial charge on any atom is 0.228 e. The number of hydrogen-bond donors (Lipinski definition) is 0. The van der Waals surface area contributed by atoms with Crippen molar-refractivity contribution < 1.29 is 28.9 Å². The number of carbonyl (C=O) groups excluding carboxylic acids is 2. The molecule has 2 aromatic carbocycles. The highest BCUT2D eigenvalue weighted by molar-refractivity contribution is 7.99. The van der Waals surface area contributed by atoms with Gasteiger partial charge in [-0.15, -0.1) is 11.8 Å². The Labute approximate surface area is 173 Å². The van der Waals surface area contributed by atoms with Gasteiger partial charge >= 0.3 is 0 Å². The summed E-state index contributed by atoms with van der Waals surface area (Å²) in [5, 5.41) is 10.7. The number of amides is 1. The van der Waals surface area contributed by atoms with Crippen molar-refractivity contribution in [3.63, 3.8) is 0 Å². The molecule has 1 amide bonds. The Hall–Kier alpha value is -2.87. The number of carboxylic acid groups (broad SMARTS) is 1. The first kappa shape index (κ1) is 20.9. The van der Waals surface area contributed by atoms with Gasteiger partial charge in [-0.05, 0) is 29.8 Å². The highest BCUT2D eigenvalue weighted by Crippen LogP contribution is 2.48. The Balaban J connectivity index is 2.01. The standard InChI is InChI=1S/C21H23NO6S/c1-26-15-10-13(11-16(27-2)21(15)28-3)18-12-19(23)22(9-8-20(24)25)14-6-4-5-7-17(14)29-18/h4-7,10-11,18H,8-9,12H2,1-3H3,(H,24,25)/p-1. The number of para-hydroxylation sites is 1. The zero-order valence-corrected chi connectivity index (χ0v) is 17.3. The fourth-order valence-electron chi connectivity index (χ4n) is 3.30. The van der Waals surface area contributed by atoms with Crippen LogP contribution in [0, 0.1) is 0 Å². The van der Waals surface area contributed by atoms with Crippen molar-refractivity contribution in [1.29, 1.82) is 0 Å². The van der Waals surface area contributed by atoms with E-state index in [9.17, 15) is 14.7 Å². The molecule has 0 bridgehead atoms. The van der Waals surface area contributed by atoms with Crippen LogP contribution in [-0.4, -0.2) is 39.8 Å². The first-order chi connectivity index (χ1) is 14.0. The molecule has 0 radical (unpaired) electrons. The number of carboxylic acids is 1. The molecular formula is C21H22NO6S-. The Morgan fingerprint density at radius 3 is 2.38 bits per heavy atom. The fraction of sp³-hybridized carbons (Fsp3) is 0.333. The third-order valence-corrected chi connectivity index (χ3v) is 6.01. The van der Waals surface area contributed by atoms with Crippen LogP contribution in [0.25, 0.3) is 0 Å². The Kier molecular flexibility index (Phi) is 6.53. The molecule has 1 aliphatic heterocycles. The molecule has 0 saturated carbocycles. The van der Waals surface area contributed by atoms with Crippen molar-refractivity contribution in [3.05, 3.63) is 42.0 Å². The number of thioether (sulfide) groups is 1. The van der Waals surface area contributed by atoms with Crippen LogP contribution in [0.4, 0.5) is 5.69 Å².